The van der Waals surface area contributed by atoms with Gasteiger partial charge in [-0.25, -0.2) is 0 Å². The van der Waals surface area contributed by atoms with Gasteiger partial charge in [-0.1, -0.05) is 6.07 Å². The van der Waals surface area contributed by atoms with Crippen molar-refractivity contribution in [3.05, 3.63) is 30.2 Å². The topological polar surface area (TPSA) is 69.8 Å². The average molecular weight is 567 g/mol. The van der Waals surface area contributed by atoms with E-state index < -0.39 is 12.7 Å². The van der Waals surface area contributed by atoms with Gasteiger partial charge in [0.25, 0.3) is 0 Å². The molecule has 0 spiro atoms. The Morgan fingerprint density at radius 2 is 1.97 bits per heavy atom. The molecule has 3 heterocycles. The van der Waals surface area contributed by atoms with Gasteiger partial charge in [0, 0.05) is 32.3 Å². The fourth-order valence-corrected chi connectivity index (χ4v) is 3.91. The van der Waals surface area contributed by atoms with Crippen LogP contribution in [-0.4, -0.2) is 70.9 Å². The van der Waals surface area contributed by atoms with Crippen molar-refractivity contribution < 1.29 is 13.2 Å². The average Bonchev–Trinajstić information content (AvgIpc) is 3.14. The molecule has 0 unspecified atom stereocenters. The van der Waals surface area contributed by atoms with Crippen molar-refractivity contribution >= 4 is 35.6 Å². The summed E-state index contributed by atoms with van der Waals surface area (Å²) in [5, 5.41) is 15.0. The quantitative estimate of drug-likeness (QED) is 0.210. The number of nitrogens with one attached hydrogen (secondary N) is 2. The summed E-state index contributed by atoms with van der Waals surface area (Å²) in [6.45, 7) is 4.50. The molecule has 0 bridgehead atoms. The van der Waals surface area contributed by atoms with Crippen molar-refractivity contribution in [3.63, 3.8) is 0 Å². The molecule has 2 aromatic heterocycles. The molecule has 0 aliphatic carbocycles. The molecule has 32 heavy (non-hydrogen) atoms. The summed E-state index contributed by atoms with van der Waals surface area (Å²) in [5.41, 5.74) is 0.847. The van der Waals surface area contributed by atoms with Gasteiger partial charge in [0.15, 0.2) is 11.6 Å². The number of pyridine rings is 1. The van der Waals surface area contributed by atoms with Crippen LogP contribution in [0.4, 0.5) is 13.2 Å². The number of alkyl halides is 3. The fourth-order valence-electron chi connectivity index (χ4n) is 3.91. The Bertz CT molecular complexity index is 832. The van der Waals surface area contributed by atoms with E-state index in [1.54, 1.807) is 0 Å². The highest BCUT2D eigenvalue weighted by atomic mass is 127. The summed E-state index contributed by atoms with van der Waals surface area (Å²) in [4.78, 5) is 6.14. The Hall–Kier alpha value is -1.63. The minimum absolute atomic E-state index is 0. The second-order valence-corrected chi connectivity index (χ2v) is 7.96. The van der Waals surface area contributed by atoms with E-state index >= 15 is 0 Å². The van der Waals surface area contributed by atoms with E-state index in [1.165, 1.54) is 4.90 Å². The van der Waals surface area contributed by atoms with Crippen LogP contribution >= 0.6 is 24.0 Å². The molecule has 7 nitrogen and oxygen atoms in total. The number of piperidine rings is 1. The van der Waals surface area contributed by atoms with E-state index in [0.29, 0.717) is 25.6 Å². The number of aromatic nitrogens is 3. The third kappa shape index (κ3) is 8.72. The lowest BCUT2D eigenvalue weighted by molar-refractivity contribution is -0.148. The van der Waals surface area contributed by atoms with Gasteiger partial charge < -0.3 is 10.6 Å². The lowest BCUT2D eigenvalue weighted by Crippen LogP contribution is -2.41. The molecule has 1 aliphatic heterocycles. The maximum Gasteiger partial charge on any atom is 0.401 e. The third-order valence-electron chi connectivity index (χ3n) is 5.51. The number of aryl methyl sites for hydroxylation is 1. The molecule has 11 heteroatoms. The summed E-state index contributed by atoms with van der Waals surface area (Å²) in [6, 6.07) is 5.84. The Kier molecular flexibility index (Phi) is 11.0. The van der Waals surface area contributed by atoms with Gasteiger partial charge >= 0.3 is 6.18 Å². The minimum atomic E-state index is -4.10. The van der Waals surface area contributed by atoms with E-state index in [-0.39, 0.29) is 24.0 Å². The first-order valence-corrected chi connectivity index (χ1v) is 11.0. The molecule has 2 N–H and O–H groups in total. The van der Waals surface area contributed by atoms with Crippen LogP contribution in [0.15, 0.2) is 29.4 Å². The van der Waals surface area contributed by atoms with Crippen LogP contribution < -0.4 is 10.6 Å². The molecule has 3 rings (SSSR count). The first-order valence-electron chi connectivity index (χ1n) is 11.0. The Balaban J connectivity index is 0.00000363. The molecule has 0 saturated carbocycles. The van der Waals surface area contributed by atoms with Crippen LogP contribution in [0.1, 0.15) is 38.4 Å². The molecular formula is C21H33F3IN7. The molecule has 0 atom stereocenters. The first kappa shape index (κ1) is 26.6. The van der Waals surface area contributed by atoms with Crippen molar-refractivity contribution in [1.82, 2.24) is 30.1 Å². The summed E-state index contributed by atoms with van der Waals surface area (Å²) >= 11 is 0. The number of likely N-dealkylation sites (tertiary alicyclic amines) is 1. The number of guanidine groups is 1. The van der Waals surface area contributed by atoms with Gasteiger partial charge in [0.1, 0.15) is 5.82 Å². The molecule has 2 aromatic rings. The highest BCUT2D eigenvalue weighted by Crippen LogP contribution is 2.23. The number of fused-ring (bicyclic) bond motifs is 1. The predicted molar refractivity (Wildman–Crippen MR) is 131 cm³/mol. The Labute approximate surface area is 204 Å². The number of nitrogens with zero attached hydrogens (tertiary/aromatic N) is 5. The number of aliphatic imine (C=N–C) groups is 1. The van der Waals surface area contributed by atoms with Gasteiger partial charge in [-0.05, 0) is 63.7 Å². The maximum absolute atomic E-state index is 12.5. The highest BCUT2D eigenvalue weighted by Gasteiger charge is 2.32. The fraction of sp³-hybridized carbons (Fsp3) is 0.667. The second-order valence-electron chi connectivity index (χ2n) is 7.96. The van der Waals surface area contributed by atoms with Crippen LogP contribution in [-0.2, 0) is 6.42 Å². The molecule has 1 saturated heterocycles. The predicted octanol–water partition coefficient (Wildman–Crippen LogP) is 3.50. The Morgan fingerprint density at radius 3 is 2.69 bits per heavy atom. The van der Waals surface area contributed by atoms with Crippen molar-refractivity contribution in [2.24, 2.45) is 10.9 Å². The number of hydrogen-bond donors (Lipinski definition) is 2. The van der Waals surface area contributed by atoms with Crippen molar-refractivity contribution in [2.75, 3.05) is 39.3 Å². The van der Waals surface area contributed by atoms with E-state index in [2.05, 4.69) is 25.8 Å². The molecular weight excluding hydrogens is 534 g/mol. The van der Waals surface area contributed by atoms with Gasteiger partial charge in [-0.3, -0.25) is 14.3 Å². The first-order chi connectivity index (χ1) is 14.9. The van der Waals surface area contributed by atoms with Crippen molar-refractivity contribution in [1.29, 1.82) is 0 Å². The van der Waals surface area contributed by atoms with Crippen molar-refractivity contribution in [3.8, 4) is 0 Å². The zero-order valence-corrected chi connectivity index (χ0v) is 20.8. The maximum atomic E-state index is 12.5. The van der Waals surface area contributed by atoms with Gasteiger partial charge in [0.2, 0.25) is 0 Å². The summed E-state index contributed by atoms with van der Waals surface area (Å²) in [6.07, 6.45) is 2.10. The molecule has 0 aromatic carbocycles. The lowest BCUT2D eigenvalue weighted by Gasteiger charge is -2.32. The summed E-state index contributed by atoms with van der Waals surface area (Å²) in [5.74, 6) is 2.17. The third-order valence-corrected chi connectivity index (χ3v) is 5.51. The largest absolute Gasteiger partial charge is 0.401 e. The monoisotopic (exact) mass is 567 g/mol. The van der Waals surface area contributed by atoms with Crippen LogP contribution in [0.5, 0.6) is 0 Å². The SMILES string of the molecule is CCNC(=NCCCc1nnc2ccccn12)NCCC1CCN(CC(F)(F)F)CC1.I. The molecule has 0 radical (unpaired) electrons. The van der Waals surface area contributed by atoms with Crippen LogP contribution in [0, 0.1) is 5.92 Å². The smallest absolute Gasteiger partial charge is 0.357 e. The van der Waals surface area contributed by atoms with E-state index in [1.807, 2.05) is 35.7 Å². The van der Waals surface area contributed by atoms with Crippen molar-refractivity contribution in [2.45, 2.75) is 45.2 Å². The molecule has 1 aliphatic rings. The molecule has 180 valence electrons. The number of halogens is 4. The van der Waals surface area contributed by atoms with Crippen LogP contribution in [0.2, 0.25) is 0 Å². The Morgan fingerprint density at radius 1 is 1.19 bits per heavy atom. The van der Waals surface area contributed by atoms with E-state index in [4.69, 9.17) is 0 Å². The van der Waals surface area contributed by atoms with Gasteiger partial charge in [-0.2, -0.15) is 13.2 Å². The minimum Gasteiger partial charge on any atom is -0.357 e. The normalized spacial score (nSPS) is 16.2. The van der Waals surface area contributed by atoms with Gasteiger partial charge in [0.05, 0.1) is 6.54 Å². The van der Waals surface area contributed by atoms with E-state index in [9.17, 15) is 13.2 Å². The molecule has 1 fully saturated rings. The second kappa shape index (κ2) is 13.2. The lowest BCUT2D eigenvalue weighted by atomic mass is 9.93. The van der Waals surface area contributed by atoms with Crippen LogP contribution in [0.25, 0.3) is 5.65 Å². The highest BCUT2D eigenvalue weighted by molar-refractivity contribution is 14.0. The zero-order chi connectivity index (χ0) is 22.1. The number of hydrogen-bond acceptors (Lipinski definition) is 4. The standard InChI is InChI=1S/C21H32F3N7.HI/c1-2-25-20(26-11-5-7-19-29-28-18-6-3-4-13-31(18)19)27-12-8-17-9-14-30(15-10-17)16-21(22,23)24;/h3-4,6,13,17H,2,5,7-12,14-16H2,1H3,(H2,25,26,27);1H. The van der Waals surface area contributed by atoms with Gasteiger partial charge in [-0.15, -0.1) is 34.2 Å². The summed E-state index contributed by atoms with van der Waals surface area (Å²) in [7, 11) is 0. The molecule has 0 amide bonds. The zero-order valence-electron chi connectivity index (χ0n) is 18.4. The number of rotatable bonds is 9. The van der Waals surface area contributed by atoms with E-state index in [0.717, 1.165) is 62.6 Å². The summed E-state index contributed by atoms with van der Waals surface area (Å²) < 4.78 is 39.5. The van der Waals surface area contributed by atoms with Crippen LogP contribution in [0.3, 0.4) is 0 Å².